The lowest BCUT2D eigenvalue weighted by Gasteiger charge is -2.18. The third-order valence-electron chi connectivity index (χ3n) is 2.77. The highest BCUT2D eigenvalue weighted by molar-refractivity contribution is 7.89. The molecule has 118 valence electrons. The molecule has 3 N–H and O–H groups in total. The van der Waals surface area contributed by atoms with Crippen LogP contribution in [0.2, 0.25) is 0 Å². The van der Waals surface area contributed by atoms with Gasteiger partial charge in [0, 0.05) is 6.04 Å². The smallest absolute Gasteiger partial charge is 0.326 e. The van der Waals surface area contributed by atoms with Crippen LogP contribution in [-0.4, -0.2) is 31.6 Å². The molecule has 0 bridgehead atoms. The van der Waals surface area contributed by atoms with E-state index in [1.807, 2.05) is 6.92 Å². The van der Waals surface area contributed by atoms with Crippen LogP contribution in [0.25, 0.3) is 0 Å². The van der Waals surface area contributed by atoms with Crippen molar-refractivity contribution in [1.29, 1.82) is 0 Å². The monoisotopic (exact) mass is 314 g/mol. The first-order valence-corrected chi connectivity index (χ1v) is 8.37. The normalized spacial score (nSPS) is 13.1. The van der Waals surface area contributed by atoms with Crippen LogP contribution in [-0.2, 0) is 14.8 Å². The van der Waals surface area contributed by atoms with E-state index in [9.17, 15) is 18.3 Å². The van der Waals surface area contributed by atoms with Crippen molar-refractivity contribution in [1.82, 2.24) is 4.72 Å². The van der Waals surface area contributed by atoms with E-state index >= 15 is 0 Å². The van der Waals surface area contributed by atoms with Gasteiger partial charge in [0.05, 0.1) is 5.69 Å². The van der Waals surface area contributed by atoms with Gasteiger partial charge in [0.25, 0.3) is 0 Å². The molecule has 21 heavy (non-hydrogen) atoms. The number of carboxylic acid groups (broad SMARTS) is 1. The van der Waals surface area contributed by atoms with Gasteiger partial charge in [-0.05, 0) is 32.4 Å². The Labute approximate surface area is 125 Å². The Morgan fingerprint density at radius 2 is 1.90 bits per heavy atom. The van der Waals surface area contributed by atoms with E-state index in [2.05, 4.69) is 10.0 Å². The summed E-state index contributed by atoms with van der Waals surface area (Å²) in [5, 5.41) is 12.0. The van der Waals surface area contributed by atoms with Crippen molar-refractivity contribution in [2.75, 3.05) is 5.32 Å². The average Bonchev–Trinajstić information content (AvgIpc) is 2.37. The molecule has 0 radical (unpaired) electrons. The third kappa shape index (κ3) is 5.02. The second-order valence-corrected chi connectivity index (χ2v) is 6.78. The van der Waals surface area contributed by atoms with Crippen LogP contribution in [0.3, 0.4) is 0 Å². The second-order valence-electron chi connectivity index (χ2n) is 5.10. The van der Waals surface area contributed by atoms with Gasteiger partial charge in [-0.15, -0.1) is 0 Å². The fraction of sp³-hybridized carbons (Fsp3) is 0.500. The molecular formula is C14H22N2O4S. The Morgan fingerprint density at radius 3 is 2.43 bits per heavy atom. The lowest BCUT2D eigenvalue weighted by atomic mass is 10.1. The average molecular weight is 314 g/mol. The first-order chi connectivity index (χ1) is 9.77. The second kappa shape index (κ2) is 7.42. The molecule has 0 amide bonds. The highest BCUT2D eigenvalue weighted by Crippen LogP contribution is 2.22. The summed E-state index contributed by atoms with van der Waals surface area (Å²) >= 11 is 0. The quantitative estimate of drug-likeness (QED) is 0.682. The van der Waals surface area contributed by atoms with Crippen LogP contribution < -0.4 is 10.0 Å². The number of carbonyl (C=O) groups is 1. The summed E-state index contributed by atoms with van der Waals surface area (Å²) in [6.45, 7) is 5.33. The summed E-state index contributed by atoms with van der Waals surface area (Å²) in [5.74, 6) is -0.999. The molecule has 0 saturated heterocycles. The van der Waals surface area contributed by atoms with Crippen molar-refractivity contribution in [3.05, 3.63) is 24.3 Å². The van der Waals surface area contributed by atoms with E-state index in [-0.39, 0.29) is 10.9 Å². The van der Waals surface area contributed by atoms with Gasteiger partial charge in [0.2, 0.25) is 10.0 Å². The lowest BCUT2D eigenvalue weighted by molar-refractivity contribution is -0.138. The zero-order valence-corrected chi connectivity index (χ0v) is 13.3. The molecule has 7 heteroatoms. The van der Waals surface area contributed by atoms with Gasteiger partial charge in [0.15, 0.2) is 0 Å². The largest absolute Gasteiger partial charge is 0.480 e. The maximum atomic E-state index is 12.3. The molecule has 0 aromatic heterocycles. The minimum Gasteiger partial charge on any atom is -0.480 e. The summed E-state index contributed by atoms with van der Waals surface area (Å²) in [7, 11) is -3.68. The van der Waals surface area contributed by atoms with Gasteiger partial charge >= 0.3 is 5.97 Å². The molecule has 1 rings (SSSR count). The predicted molar refractivity (Wildman–Crippen MR) is 81.9 cm³/mol. The molecule has 1 aromatic carbocycles. The van der Waals surface area contributed by atoms with E-state index < -0.39 is 22.0 Å². The van der Waals surface area contributed by atoms with Crippen molar-refractivity contribution in [2.24, 2.45) is 0 Å². The molecule has 1 aromatic rings. The van der Waals surface area contributed by atoms with Crippen LogP contribution >= 0.6 is 0 Å². The van der Waals surface area contributed by atoms with Gasteiger partial charge < -0.3 is 10.4 Å². The topological polar surface area (TPSA) is 95.5 Å². The molecule has 0 fully saturated rings. The van der Waals surface area contributed by atoms with Gasteiger partial charge in [0.1, 0.15) is 10.9 Å². The van der Waals surface area contributed by atoms with E-state index in [4.69, 9.17) is 0 Å². The maximum Gasteiger partial charge on any atom is 0.326 e. The standard InChI is InChI=1S/C14H22N2O4S/c1-4-7-12(14(17)18)15-11-8-5-6-9-13(11)21(19,20)16-10(2)3/h5-6,8-10,12,15-16H,4,7H2,1-3H3,(H,17,18). The number of hydrogen-bond acceptors (Lipinski definition) is 4. The number of nitrogens with one attached hydrogen (secondary N) is 2. The summed E-state index contributed by atoms with van der Waals surface area (Å²) < 4.78 is 27.0. The van der Waals surface area contributed by atoms with Gasteiger partial charge in [-0.1, -0.05) is 25.5 Å². The van der Waals surface area contributed by atoms with Crippen LogP contribution in [0.5, 0.6) is 0 Å². The number of hydrogen-bond donors (Lipinski definition) is 3. The predicted octanol–water partition coefficient (Wildman–Crippen LogP) is 2.04. The molecule has 0 spiro atoms. The van der Waals surface area contributed by atoms with Crippen LogP contribution in [0.15, 0.2) is 29.2 Å². The fourth-order valence-electron chi connectivity index (χ4n) is 1.93. The summed E-state index contributed by atoms with van der Waals surface area (Å²) in [4.78, 5) is 11.3. The third-order valence-corrected chi connectivity index (χ3v) is 4.49. The number of aliphatic carboxylic acids is 1. The SMILES string of the molecule is CCCC(Nc1ccccc1S(=O)(=O)NC(C)C)C(=O)O. The zero-order valence-electron chi connectivity index (χ0n) is 12.5. The number of anilines is 1. The number of carboxylic acids is 1. The first-order valence-electron chi connectivity index (χ1n) is 6.88. The van der Waals surface area contributed by atoms with Gasteiger partial charge in [-0.25, -0.2) is 17.9 Å². The van der Waals surface area contributed by atoms with Gasteiger partial charge in [-0.3, -0.25) is 0 Å². The number of benzene rings is 1. The number of sulfonamides is 1. The highest BCUT2D eigenvalue weighted by Gasteiger charge is 2.23. The molecule has 6 nitrogen and oxygen atoms in total. The van der Waals surface area contributed by atoms with E-state index in [1.54, 1.807) is 32.0 Å². The highest BCUT2D eigenvalue weighted by atomic mass is 32.2. The number of para-hydroxylation sites is 1. The van der Waals surface area contributed by atoms with Crippen LogP contribution in [0.1, 0.15) is 33.6 Å². The number of rotatable bonds is 8. The molecule has 0 heterocycles. The summed E-state index contributed by atoms with van der Waals surface area (Å²) in [6.07, 6.45) is 1.10. The van der Waals surface area contributed by atoms with E-state index in [0.29, 0.717) is 18.5 Å². The van der Waals surface area contributed by atoms with Crippen molar-refractivity contribution < 1.29 is 18.3 Å². The molecule has 0 aliphatic carbocycles. The Morgan fingerprint density at radius 1 is 1.29 bits per heavy atom. The molecule has 0 saturated carbocycles. The lowest BCUT2D eigenvalue weighted by Crippen LogP contribution is -2.33. The minimum absolute atomic E-state index is 0.0565. The molecule has 1 unspecified atom stereocenters. The Kier molecular flexibility index (Phi) is 6.17. The Bertz CT molecular complexity index is 584. The summed E-state index contributed by atoms with van der Waals surface area (Å²) in [5.41, 5.74) is 0.298. The molecule has 0 aliphatic heterocycles. The summed E-state index contributed by atoms with van der Waals surface area (Å²) in [6, 6.07) is 5.25. The zero-order chi connectivity index (χ0) is 16.0. The van der Waals surface area contributed by atoms with Crippen LogP contribution in [0.4, 0.5) is 5.69 Å². The molecule has 1 atom stereocenters. The van der Waals surface area contributed by atoms with E-state index in [1.165, 1.54) is 6.07 Å². The molecular weight excluding hydrogens is 292 g/mol. The first kappa shape index (κ1) is 17.5. The molecule has 0 aliphatic rings. The van der Waals surface area contributed by atoms with Crippen molar-refractivity contribution in [3.8, 4) is 0 Å². The van der Waals surface area contributed by atoms with Gasteiger partial charge in [-0.2, -0.15) is 0 Å². The van der Waals surface area contributed by atoms with Crippen molar-refractivity contribution in [2.45, 2.75) is 50.6 Å². The van der Waals surface area contributed by atoms with Crippen molar-refractivity contribution >= 4 is 21.7 Å². The van der Waals surface area contributed by atoms with E-state index in [0.717, 1.165) is 0 Å². The fourth-order valence-corrected chi connectivity index (χ4v) is 3.35. The Hall–Kier alpha value is -1.60. The maximum absolute atomic E-state index is 12.3. The minimum atomic E-state index is -3.68. The van der Waals surface area contributed by atoms with Crippen molar-refractivity contribution in [3.63, 3.8) is 0 Å². The van der Waals surface area contributed by atoms with Crippen LogP contribution in [0, 0.1) is 0 Å². The Balaban J connectivity index is 3.12.